The van der Waals surface area contributed by atoms with Crippen molar-refractivity contribution in [3.05, 3.63) is 48.5 Å². The van der Waals surface area contributed by atoms with Crippen LogP contribution in [0.25, 0.3) is 0 Å². The zero-order valence-electron chi connectivity index (χ0n) is 15.6. The first-order chi connectivity index (χ1) is 13.1. The second kappa shape index (κ2) is 8.58. The van der Waals surface area contributed by atoms with Crippen LogP contribution in [0.3, 0.4) is 0 Å². The van der Waals surface area contributed by atoms with Gasteiger partial charge in [0, 0.05) is 24.3 Å². The summed E-state index contributed by atoms with van der Waals surface area (Å²) < 4.78 is 11.1. The van der Waals surface area contributed by atoms with Crippen LogP contribution in [0.1, 0.15) is 26.2 Å². The van der Waals surface area contributed by atoms with Gasteiger partial charge in [-0.15, -0.1) is 0 Å². The van der Waals surface area contributed by atoms with Crippen LogP contribution in [0.15, 0.2) is 48.5 Å². The smallest absolute Gasteiger partial charge is 0.265 e. The molecule has 0 aliphatic carbocycles. The molecule has 6 heteroatoms. The highest BCUT2D eigenvalue weighted by Gasteiger charge is 2.22. The lowest BCUT2D eigenvalue weighted by Crippen LogP contribution is -2.32. The van der Waals surface area contributed by atoms with Crippen LogP contribution in [0.5, 0.6) is 11.5 Å². The van der Waals surface area contributed by atoms with Crippen molar-refractivity contribution in [2.45, 2.75) is 32.3 Å². The Morgan fingerprint density at radius 3 is 2.44 bits per heavy atom. The molecule has 1 saturated heterocycles. The molecule has 1 heterocycles. The number of nitrogens with one attached hydrogen (secondary N) is 1. The van der Waals surface area contributed by atoms with E-state index in [0.717, 1.165) is 18.7 Å². The highest BCUT2D eigenvalue weighted by molar-refractivity contribution is 5.97. The lowest BCUT2D eigenvalue weighted by atomic mass is 10.2. The summed E-state index contributed by atoms with van der Waals surface area (Å²) in [4.78, 5) is 26.2. The molecule has 0 saturated carbocycles. The van der Waals surface area contributed by atoms with Crippen LogP contribution in [0, 0.1) is 0 Å². The summed E-state index contributed by atoms with van der Waals surface area (Å²) in [7, 11) is 1.57. The predicted molar refractivity (Wildman–Crippen MR) is 104 cm³/mol. The van der Waals surface area contributed by atoms with Gasteiger partial charge in [-0.25, -0.2) is 0 Å². The highest BCUT2D eigenvalue weighted by Crippen LogP contribution is 2.28. The van der Waals surface area contributed by atoms with E-state index in [1.807, 2.05) is 31.2 Å². The predicted octanol–water partition coefficient (Wildman–Crippen LogP) is 3.62. The van der Waals surface area contributed by atoms with Gasteiger partial charge < -0.3 is 19.7 Å². The average Bonchev–Trinajstić information content (AvgIpc) is 3.12. The van der Waals surface area contributed by atoms with Gasteiger partial charge in [0.15, 0.2) is 17.6 Å². The fraction of sp³-hybridized carbons (Fsp3) is 0.333. The number of nitrogens with zero attached hydrogens (tertiary/aromatic N) is 1. The number of hydrogen-bond donors (Lipinski definition) is 1. The monoisotopic (exact) mass is 368 g/mol. The zero-order valence-corrected chi connectivity index (χ0v) is 15.6. The van der Waals surface area contributed by atoms with Crippen LogP contribution in [-0.4, -0.2) is 31.6 Å². The fourth-order valence-corrected chi connectivity index (χ4v) is 3.06. The van der Waals surface area contributed by atoms with Crippen molar-refractivity contribution in [2.75, 3.05) is 23.9 Å². The number of carbonyl (C=O) groups is 2. The molecule has 1 aliphatic rings. The van der Waals surface area contributed by atoms with Crippen LogP contribution in [-0.2, 0) is 9.59 Å². The summed E-state index contributed by atoms with van der Waals surface area (Å²) in [5.74, 6) is 1.03. The van der Waals surface area contributed by atoms with E-state index in [-0.39, 0.29) is 11.8 Å². The molecule has 1 atom stereocenters. The Hall–Kier alpha value is -3.02. The van der Waals surface area contributed by atoms with E-state index in [2.05, 4.69) is 5.32 Å². The van der Waals surface area contributed by atoms with Crippen LogP contribution in [0.4, 0.5) is 11.4 Å². The second-order valence-corrected chi connectivity index (χ2v) is 6.35. The third-order valence-electron chi connectivity index (χ3n) is 4.52. The molecular formula is C21H24N2O4. The van der Waals surface area contributed by atoms with Gasteiger partial charge in [-0.2, -0.15) is 0 Å². The minimum absolute atomic E-state index is 0.142. The third-order valence-corrected chi connectivity index (χ3v) is 4.52. The number of ether oxygens (including phenoxy) is 2. The van der Waals surface area contributed by atoms with E-state index in [4.69, 9.17) is 9.47 Å². The van der Waals surface area contributed by atoms with E-state index in [1.54, 1.807) is 36.3 Å². The van der Waals surface area contributed by atoms with Crippen molar-refractivity contribution in [2.24, 2.45) is 0 Å². The van der Waals surface area contributed by atoms with Crippen molar-refractivity contribution in [1.82, 2.24) is 0 Å². The standard InChI is InChI=1S/C21H24N2O4/c1-3-17(27-19-8-5-4-7-18(19)26-2)21(25)22-15-10-12-16(13-11-15)23-14-6-9-20(23)24/h4-5,7-8,10-13,17H,3,6,9,14H2,1-2H3,(H,22,25)/t17-/m0/s1. The van der Waals surface area contributed by atoms with Crippen molar-refractivity contribution in [3.63, 3.8) is 0 Å². The number of rotatable bonds is 7. The first-order valence-electron chi connectivity index (χ1n) is 9.13. The largest absolute Gasteiger partial charge is 0.493 e. The molecule has 142 valence electrons. The highest BCUT2D eigenvalue weighted by atomic mass is 16.5. The van der Waals surface area contributed by atoms with Gasteiger partial charge >= 0.3 is 0 Å². The van der Waals surface area contributed by atoms with E-state index >= 15 is 0 Å². The van der Waals surface area contributed by atoms with Crippen LogP contribution >= 0.6 is 0 Å². The van der Waals surface area contributed by atoms with Crippen LogP contribution in [0.2, 0.25) is 0 Å². The molecule has 0 bridgehead atoms. The summed E-state index contributed by atoms with van der Waals surface area (Å²) in [6.07, 6.45) is 1.36. The normalized spacial score (nSPS) is 14.7. The van der Waals surface area contributed by atoms with E-state index in [1.165, 1.54) is 0 Å². The van der Waals surface area contributed by atoms with Gasteiger partial charge in [-0.1, -0.05) is 19.1 Å². The molecule has 1 aliphatic heterocycles. The van der Waals surface area contributed by atoms with Crippen molar-refractivity contribution < 1.29 is 19.1 Å². The minimum Gasteiger partial charge on any atom is -0.493 e. The first-order valence-corrected chi connectivity index (χ1v) is 9.13. The van der Waals surface area contributed by atoms with Crippen molar-refractivity contribution in [1.29, 1.82) is 0 Å². The molecule has 6 nitrogen and oxygen atoms in total. The molecule has 27 heavy (non-hydrogen) atoms. The topological polar surface area (TPSA) is 67.9 Å². The lowest BCUT2D eigenvalue weighted by molar-refractivity contribution is -0.123. The number of anilines is 2. The van der Waals surface area contributed by atoms with Crippen LogP contribution < -0.4 is 19.7 Å². The number of methoxy groups -OCH3 is 1. The van der Waals surface area contributed by atoms with E-state index in [9.17, 15) is 9.59 Å². The van der Waals surface area contributed by atoms with Crippen molar-refractivity contribution >= 4 is 23.2 Å². The maximum Gasteiger partial charge on any atom is 0.265 e. The number of carbonyl (C=O) groups excluding carboxylic acids is 2. The number of amides is 2. The summed E-state index contributed by atoms with van der Waals surface area (Å²) in [6, 6.07) is 14.5. The Labute approximate surface area is 159 Å². The molecule has 0 aromatic heterocycles. The molecule has 3 rings (SSSR count). The summed E-state index contributed by atoms with van der Waals surface area (Å²) in [6.45, 7) is 2.64. The maximum absolute atomic E-state index is 12.6. The molecule has 1 fully saturated rings. The van der Waals surface area contributed by atoms with Gasteiger partial charge in [0.05, 0.1) is 7.11 Å². The van der Waals surface area contributed by atoms with Gasteiger partial charge in [-0.05, 0) is 49.2 Å². The Kier molecular flexibility index (Phi) is 5.96. The molecule has 2 amide bonds. The van der Waals surface area contributed by atoms with Gasteiger partial charge in [0.1, 0.15) is 0 Å². The van der Waals surface area contributed by atoms with E-state index < -0.39 is 6.10 Å². The Bertz CT molecular complexity index is 804. The molecule has 2 aromatic rings. The van der Waals surface area contributed by atoms with E-state index in [0.29, 0.717) is 30.0 Å². The second-order valence-electron chi connectivity index (χ2n) is 6.35. The SMILES string of the molecule is CC[C@H](Oc1ccccc1OC)C(=O)Nc1ccc(N2CCCC2=O)cc1. The Balaban J connectivity index is 1.65. The minimum atomic E-state index is -0.638. The van der Waals surface area contributed by atoms with Gasteiger partial charge in [0.2, 0.25) is 5.91 Å². The summed E-state index contributed by atoms with van der Waals surface area (Å²) >= 11 is 0. The molecular weight excluding hydrogens is 344 g/mol. The molecule has 1 N–H and O–H groups in total. The zero-order chi connectivity index (χ0) is 19.2. The number of para-hydroxylation sites is 2. The maximum atomic E-state index is 12.6. The Morgan fingerprint density at radius 1 is 1.15 bits per heavy atom. The average molecular weight is 368 g/mol. The lowest BCUT2D eigenvalue weighted by Gasteiger charge is -2.19. The van der Waals surface area contributed by atoms with Crippen molar-refractivity contribution in [3.8, 4) is 11.5 Å². The Morgan fingerprint density at radius 2 is 1.85 bits per heavy atom. The quantitative estimate of drug-likeness (QED) is 0.811. The van der Waals surface area contributed by atoms with Gasteiger partial charge in [-0.3, -0.25) is 9.59 Å². The number of benzene rings is 2. The third kappa shape index (κ3) is 4.39. The summed E-state index contributed by atoms with van der Waals surface area (Å²) in [5.41, 5.74) is 1.52. The summed E-state index contributed by atoms with van der Waals surface area (Å²) in [5, 5.41) is 2.87. The first kappa shape index (κ1) is 18.8. The molecule has 2 aromatic carbocycles. The molecule has 0 spiro atoms. The van der Waals surface area contributed by atoms with Gasteiger partial charge in [0.25, 0.3) is 5.91 Å². The fourth-order valence-electron chi connectivity index (χ4n) is 3.06. The molecule has 0 unspecified atom stereocenters. The molecule has 0 radical (unpaired) electrons. The number of hydrogen-bond acceptors (Lipinski definition) is 4.